The van der Waals surface area contributed by atoms with E-state index in [2.05, 4.69) is 15.5 Å². The van der Waals surface area contributed by atoms with Crippen molar-refractivity contribution in [2.75, 3.05) is 19.6 Å². The summed E-state index contributed by atoms with van der Waals surface area (Å²) < 4.78 is 5.45. The lowest BCUT2D eigenvalue weighted by Crippen LogP contribution is -2.43. The number of hydrogen-bond donors (Lipinski definition) is 1. The maximum absolute atomic E-state index is 12.5. The minimum Gasteiger partial charge on any atom is -0.343 e. The molecule has 0 bridgehead atoms. The summed E-state index contributed by atoms with van der Waals surface area (Å²) in [5, 5.41) is 7.62. The van der Waals surface area contributed by atoms with E-state index < -0.39 is 0 Å². The summed E-state index contributed by atoms with van der Waals surface area (Å²) in [5.41, 5.74) is 1.26. The molecule has 1 aliphatic heterocycles. The number of aromatic nitrogens is 2. The minimum atomic E-state index is -0.260. The molecule has 9 heteroatoms. The number of carbonyl (C=O) groups excluding carboxylic acids is 2. The van der Waals surface area contributed by atoms with Gasteiger partial charge >= 0.3 is 0 Å². The molecule has 0 saturated carbocycles. The first-order valence-corrected chi connectivity index (χ1v) is 10.7. The first kappa shape index (κ1) is 21.3. The molecule has 0 spiro atoms. The lowest BCUT2D eigenvalue weighted by molar-refractivity contribution is -0.131. The molecule has 31 heavy (non-hydrogen) atoms. The standard InChI is InChI=1S/C22H20Cl2N4O3/c23-17-7-6-16(12-18(17)24)20-26-22(31-27-20)15-8-10-28(11-9-15)19(29)13-25-21(30)14-4-2-1-3-5-14/h1-7,12,15H,8-11,13H2,(H,25,30). The fourth-order valence-corrected chi connectivity index (χ4v) is 3.79. The van der Waals surface area contributed by atoms with Crippen LogP contribution in [0, 0.1) is 0 Å². The maximum Gasteiger partial charge on any atom is 0.251 e. The summed E-state index contributed by atoms with van der Waals surface area (Å²) >= 11 is 12.0. The van der Waals surface area contributed by atoms with Gasteiger partial charge in [-0.25, -0.2) is 0 Å². The Morgan fingerprint density at radius 3 is 2.52 bits per heavy atom. The van der Waals surface area contributed by atoms with E-state index in [4.69, 9.17) is 27.7 Å². The highest BCUT2D eigenvalue weighted by molar-refractivity contribution is 6.42. The summed E-state index contributed by atoms with van der Waals surface area (Å²) in [6.07, 6.45) is 1.42. The number of halogens is 2. The zero-order valence-corrected chi connectivity index (χ0v) is 18.1. The van der Waals surface area contributed by atoms with Gasteiger partial charge in [0.25, 0.3) is 5.91 Å². The average molecular weight is 459 g/mol. The summed E-state index contributed by atoms with van der Waals surface area (Å²) in [6, 6.07) is 14.0. The van der Waals surface area contributed by atoms with Crippen LogP contribution in [-0.2, 0) is 4.79 Å². The van der Waals surface area contributed by atoms with E-state index in [1.165, 1.54) is 0 Å². The smallest absolute Gasteiger partial charge is 0.251 e. The van der Waals surface area contributed by atoms with Crippen molar-refractivity contribution >= 4 is 35.0 Å². The monoisotopic (exact) mass is 458 g/mol. The highest BCUT2D eigenvalue weighted by atomic mass is 35.5. The molecule has 1 fully saturated rings. The van der Waals surface area contributed by atoms with Gasteiger partial charge in [0.15, 0.2) is 0 Å². The topological polar surface area (TPSA) is 88.3 Å². The Morgan fingerprint density at radius 2 is 1.81 bits per heavy atom. The molecule has 0 aliphatic carbocycles. The third-order valence-electron chi connectivity index (χ3n) is 5.25. The predicted molar refractivity (Wildman–Crippen MR) is 117 cm³/mol. The second-order valence-corrected chi connectivity index (χ2v) is 8.10. The average Bonchev–Trinajstić information content (AvgIpc) is 3.30. The number of nitrogens with zero attached hydrogens (tertiary/aromatic N) is 3. The number of nitrogens with one attached hydrogen (secondary N) is 1. The van der Waals surface area contributed by atoms with Gasteiger partial charge < -0.3 is 14.7 Å². The Kier molecular flexibility index (Phi) is 6.53. The number of hydrogen-bond acceptors (Lipinski definition) is 5. The van der Waals surface area contributed by atoms with Gasteiger partial charge in [0.1, 0.15) is 0 Å². The van der Waals surface area contributed by atoms with Crippen molar-refractivity contribution in [3.05, 3.63) is 70.0 Å². The van der Waals surface area contributed by atoms with Gasteiger partial charge in [-0.1, -0.05) is 46.6 Å². The molecular formula is C22H20Cl2N4O3. The molecule has 1 N–H and O–H groups in total. The highest BCUT2D eigenvalue weighted by Gasteiger charge is 2.28. The molecule has 3 aromatic rings. The van der Waals surface area contributed by atoms with Gasteiger partial charge in [-0.3, -0.25) is 9.59 Å². The van der Waals surface area contributed by atoms with Crippen molar-refractivity contribution in [3.8, 4) is 11.4 Å². The Labute approximate surface area is 189 Å². The Balaban J connectivity index is 1.29. The first-order chi connectivity index (χ1) is 15.0. The van der Waals surface area contributed by atoms with Crippen LogP contribution in [0.15, 0.2) is 53.1 Å². The molecule has 7 nitrogen and oxygen atoms in total. The van der Waals surface area contributed by atoms with E-state index in [0.717, 1.165) is 5.56 Å². The van der Waals surface area contributed by atoms with Gasteiger partial charge in [-0.15, -0.1) is 0 Å². The second-order valence-electron chi connectivity index (χ2n) is 7.29. The molecule has 2 amide bonds. The lowest BCUT2D eigenvalue weighted by Gasteiger charge is -2.30. The van der Waals surface area contributed by atoms with Crippen molar-refractivity contribution in [1.82, 2.24) is 20.4 Å². The molecule has 0 atom stereocenters. The van der Waals surface area contributed by atoms with Crippen LogP contribution in [0.25, 0.3) is 11.4 Å². The van der Waals surface area contributed by atoms with Crippen molar-refractivity contribution in [2.24, 2.45) is 0 Å². The number of carbonyl (C=O) groups is 2. The zero-order chi connectivity index (χ0) is 21.8. The summed E-state index contributed by atoms with van der Waals surface area (Å²) in [4.78, 5) is 30.8. The molecule has 0 unspecified atom stereocenters. The van der Waals surface area contributed by atoms with Crippen molar-refractivity contribution in [2.45, 2.75) is 18.8 Å². The number of rotatable bonds is 5. The SMILES string of the molecule is O=C(NCC(=O)N1CCC(c2nc(-c3ccc(Cl)c(Cl)c3)no2)CC1)c1ccccc1. The number of likely N-dealkylation sites (tertiary alicyclic amines) is 1. The molecular weight excluding hydrogens is 439 g/mol. The number of amides is 2. The quantitative estimate of drug-likeness (QED) is 0.619. The lowest BCUT2D eigenvalue weighted by atomic mass is 9.96. The summed E-state index contributed by atoms with van der Waals surface area (Å²) in [7, 11) is 0. The Bertz CT molecular complexity index is 1080. The number of piperidine rings is 1. The fourth-order valence-electron chi connectivity index (χ4n) is 3.49. The maximum atomic E-state index is 12.5. The van der Waals surface area contributed by atoms with Gasteiger partial charge in [-0.2, -0.15) is 4.98 Å². The molecule has 2 aromatic carbocycles. The van der Waals surface area contributed by atoms with Gasteiger partial charge in [-0.05, 0) is 43.2 Å². The third-order valence-corrected chi connectivity index (χ3v) is 5.99. The van der Waals surface area contributed by atoms with Crippen LogP contribution < -0.4 is 5.32 Å². The van der Waals surface area contributed by atoms with Crippen LogP contribution in [0.3, 0.4) is 0 Å². The first-order valence-electron chi connectivity index (χ1n) is 9.91. The summed E-state index contributed by atoms with van der Waals surface area (Å²) in [5.74, 6) is 0.711. The third kappa shape index (κ3) is 5.06. The van der Waals surface area contributed by atoms with E-state index in [1.807, 2.05) is 6.07 Å². The normalized spacial score (nSPS) is 14.5. The van der Waals surface area contributed by atoms with Crippen LogP contribution in [0.4, 0.5) is 0 Å². The van der Waals surface area contributed by atoms with Crippen molar-refractivity contribution < 1.29 is 14.1 Å². The van der Waals surface area contributed by atoms with Crippen molar-refractivity contribution in [3.63, 3.8) is 0 Å². The van der Waals surface area contributed by atoms with E-state index in [0.29, 0.717) is 53.3 Å². The van der Waals surface area contributed by atoms with Gasteiger partial charge in [0.2, 0.25) is 17.6 Å². The molecule has 0 radical (unpaired) electrons. The van der Waals surface area contributed by atoms with E-state index in [-0.39, 0.29) is 24.3 Å². The van der Waals surface area contributed by atoms with Crippen LogP contribution in [0.5, 0.6) is 0 Å². The molecule has 160 valence electrons. The van der Waals surface area contributed by atoms with E-state index in [9.17, 15) is 9.59 Å². The van der Waals surface area contributed by atoms with E-state index >= 15 is 0 Å². The second kappa shape index (κ2) is 9.49. The Hall–Kier alpha value is -2.90. The minimum absolute atomic E-state index is 0.0274. The zero-order valence-electron chi connectivity index (χ0n) is 16.6. The van der Waals surface area contributed by atoms with E-state index in [1.54, 1.807) is 47.4 Å². The molecule has 1 saturated heterocycles. The molecule has 2 heterocycles. The van der Waals surface area contributed by atoms with Crippen LogP contribution in [0.1, 0.15) is 35.0 Å². The number of benzene rings is 2. The molecule has 1 aromatic heterocycles. The van der Waals surface area contributed by atoms with Gasteiger partial charge in [0.05, 0.1) is 16.6 Å². The summed E-state index contributed by atoms with van der Waals surface area (Å²) in [6.45, 7) is 1.10. The molecule has 4 rings (SSSR count). The molecule has 1 aliphatic rings. The van der Waals surface area contributed by atoms with Gasteiger partial charge in [0, 0.05) is 30.1 Å². The predicted octanol–water partition coefficient (Wildman–Crippen LogP) is 4.18. The van der Waals surface area contributed by atoms with Crippen LogP contribution >= 0.6 is 23.2 Å². The van der Waals surface area contributed by atoms with Crippen LogP contribution in [-0.4, -0.2) is 46.5 Å². The van der Waals surface area contributed by atoms with Crippen LogP contribution in [0.2, 0.25) is 10.0 Å². The highest BCUT2D eigenvalue weighted by Crippen LogP contribution is 2.30. The Morgan fingerprint density at radius 1 is 1.06 bits per heavy atom. The largest absolute Gasteiger partial charge is 0.343 e. The fraction of sp³-hybridized carbons (Fsp3) is 0.273. The van der Waals surface area contributed by atoms with Crippen molar-refractivity contribution in [1.29, 1.82) is 0 Å².